The van der Waals surface area contributed by atoms with Gasteiger partial charge in [0.05, 0.1) is 16.7 Å². The van der Waals surface area contributed by atoms with Crippen molar-refractivity contribution in [2.45, 2.75) is 6.92 Å². The highest BCUT2D eigenvalue weighted by Crippen LogP contribution is 2.19. The molecule has 0 radical (unpaired) electrons. The summed E-state index contributed by atoms with van der Waals surface area (Å²) in [6, 6.07) is 1.74. The minimum Gasteiger partial charge on any atom is -0.324 e. The number of likely N-dealkylation sites (N-methyl/N-ethyl adjacent to an activating group) is 1. The minimum atomic E-state index is -0.0567. The number of halogens is 1. The lowest BCUT2D eigenvalue weighted by Gasteiger charge is -2.06. The van der Waals surface area contributed by atoms with E-state index >= 15 is 0 Å². The molecule has 0 fully saturated rings. The van der Waals surface area contributed by atoms with Gasteiger partial charge in [0.25, 0.3) is 0 Å². The summed E-state index contributed by atoms with van der Waals surface area (Å²) in [7, 11) is 0. The van der Waals surface area contributed by atoms with Gasteiger partial charge in [0.1, 0.15) is 0 Å². The summed E-state index contributed by atoms with van der Waals surface area (Å²) in [5.41, 5.74) is 0.739. The summed E-state index contributed by atoms with van der Waals surface area (Å²) in [4.78, 5) is 15.2. The molecule has 14 heavy (non-hydrogen) atoms. The summed E-state index contributed by atoms with van der Waals surface area (Å²) in [6.07, 6.45) is 3.27. The first kappa shape index (κ1) is 11.1. The Balaban J connectivity index is 2.52. The van der Waals surface area contributed by atoms with Gasteiger partial charge >= 0.3 is 0 Å². The Morgan fingerprint density at radius 3 is 3.07 bits per heavy atom. The van der Waals surface area contributed by atoms with E-state index < -0.39 is 0 Å². The van der Waals surface area contributed by atoms with Crippen molar-refractivity contribution in [3.8, 4) is 0 Å². The SMILES string of the molecule is CCNCC(=O)Nc1ccncc1Br. The van der Waals surface area contributed by atoms with E-state index in [2.05, 4.69) is 31.5 Å². The van der Waals surface area contributed by atoms with Crippen LogP contribution in [-0.4, -0.2) is 24.0 Å². The summed E-state index contributed by atoms with van der Waals surface area (Å²) < 4.78 is 0.782. The predicted molar refractivity (Wildman–Crippen MR) is 59.1 cm³/mol. The van der Waals surface area contributed by atoms with Crippen LogP contribution >= 0.6 is 15.9 Å². The van der Waals surface area contributed by atoms with Crippen LogP contribution in [0, 0.1) is 0 Å². The molecule has 1 amide bonds. The van der Waals surface area contributed by atoms with E-state index in [1.54, 1.807) is 18.5 Å². The standard InChI is InChI=1S/C9H12BrN3O/c1-2-11-6-9(14)13-8-3-4-12-5-7(8)10/h3-5,11H,2,6H2,1H3,(H,12,13,14). The third-order valence-electron chi connectivity index (χ3n) is 1.58. The van der Waals surface area contributed by atoms with Gasteiger partial charge in [0.2, 0.25) is 5.91 Å². The van der Waals surface area contributed by atoms with E-state index in [4.69, 9.17) is 0 Å². The van der Waals surface area contributed by atoms with E-state index in [0.717, 1.165) is 16.7 Å². The van der Waals surface area contributed by atoms with E-state index in [0.29, 0.717) is 6.54 Å². The second-order valence-electron chi connectivity index (χ2n) is 2.68. The van der Waals surface area contributed by atoms with Crippen LogP contribution in [0.25, 0.3) is 0 Å². The van der Waals surface area contributed by atoms with E-state index in [1.165, 1.54) is 0 Å². The lowest BCUT2D eigenvalue weighted by atomic mass is 10.4. The molecule has 1 aromatic rings. The molecule has 76 valence electrons. The second kappa shape index (κ2) is 5.72. The highest BCUT2D eigenvalue weighted by atomic mass is 79.9. The number of hydrogen-bond acceptors (Lipinski definition) is 3. The van der Waals surface area contributed by atoms with E-state index in [1.807, 2.05) is 6.92 Å². The molecule has 1 aromatic heterocycles. The number of carbonyl (C=O) groups is 1. The van der Waals surface area contributed by atoms with E-state index in [9.17, 15) is 4.79 Å². The van der Waals surface area contributed by atoms with Crippen LogP contribution in [0.15, 0.2) is 22.9 Å². The number of nitrogens with one attached hydrogen (secondary N) is 2. The van der Waals surface area contributed by atoms with Crippen molar-refractivity contribution in [1.82, 2.24) is 10.3 Å². The van der Waals surface area contributed by atoms with Crippen LogP contribution in [0.5, 0.6) is 0 Å². The summed E-state index contributed by atoms with van der Waals surface area (Å²) >= 11 is 3.30. The van der Waals surface area contributed by atoms with E-state index in [-0.39, 0.29) is 5.91 Å². The number of hydrogen-bond donors (Lipinski definition) is 2. The Kier molecular flexibility index (Phi) is 4.55. The average molecular weight is 258 g/mol. The van der Waals surface area contributed by atoms with Crippen molar-refractivity contribution in [2.75, 3.05) is 18.4 Å². The summed E-state index contributed by atoms with van der Waals surface area (Å²) in [5, 5.41) is 5.70. The fraction of sp³-hybridized carbons (Fsp3) is 0.333. The number of amides is 1. The molecule has 0 aliphatic carbocycles. The quantitative estimate of drug-likeness (QED) is 0.858. The number of aromatic nitrogens is 1. The monoisotopic (exact) mass is 257 g/mol. The molecule has 0 aliphatic heterocycles. The number of nitrogens with zero attached hydrogens (tertiary/aromatic N) is 1. The van der Waals surface area contributed by atoms with Gasteiger partial charge in [-0.15, -0.1) is 0 Å². The molecular weight excluding hydrogens is 246 g/mol. The van der Waals surface area contributed by atoms with Gasteiger partial charge < -0.3 is 10.6 Å². The van der Waals surface area contributed by atoms with Crippen LogP contribution in [0.4, 0.5) is 5.69 Å². The third-order valence-corrected chi connectivity index (χ3v) is 2.21. The molecule has 0 bridgehead atoms. The normalized spacial score (nSPS) is 9.86. The molecule has 2 N–H and O–H groups in total. The van der Waals surface area contributed by atoms with Gasteiger partial charge in [-0.1, -0.05) is 6.92 Å². The van der Waals surface area contributed by atoms with Crippen molar-refractivity contribution in [1.29, 1.82) is 0 Å². The maximum atomic E-state index is 11.3. The Hall–Kier alpha value is -0.940. The van der Waals surface area contributed by atoms with Crippen molar-refractivity contribution in [2.24, 2.45) is 0 Å². The number of anilines is 1. The summed E-state index contributed by atoms with van der Waals surface area (Å²) in [5.74, 6) is -0.0567. The Morgan fingerprint density at radius 1 is 1.64 bits per heavy atom. The molecule has 4 nitrogen and oxygen atoms in total. The maximum Gasteiger partial charge on any atom is 0.238 e. The molecule has 0 saturated carbocycles. The highest BCUT2D eigenvalue weighted by Gasteiger charge is 2.03. The van der Waals surface area contributed by atoms with Gasteiger partial charge in [-0.25, -0.2) is 0 Å². The number of pyridine rings is 1. The van der Waals surface area contributed by atoms with Crippen LogP contribution in [0.2, 0.25) is 0 Å². The van der Waals surface area contributed by atoms with Crippen molar-refractivity contribution in [3.05, 3.63) is 22.9 Å². The van der Waals surface area contributed by atoms with Crippen molar-refractivity contribution < 1.29 is 4.79 Å². The molecule has 0 saturated heterocycles. The first-order valence-electron chi connectivity index (χ1n) is 4.34. The summed E-state index contributed by atoms with van der Waals surface area (Å²) in [6.45, 7) is 3.06. The molecule has 0 spiro atoms. The molecule has 5 heteroatoms. The fourth-order valence-electron chi connectivity index (χ4n) is 0.909. The van der Waals surface area contributed by atoms with Gasteiger partial charge in [-0.05, 0) is 28.5 Å². The lowest BCUT2D eigenvalue weighted by molar-refractivity contribution is -0.115. The van der Waals surface area contributed by atoms with Crippen molar-refractivity contribution >= 4 is 27.5 Å². The fourth-order valence-corrected chi connectivity index (χ4v) is 1.26. The Labute approximate surface area is 91.2 Å². The number of rotatable bonds is 4. The average Bonchev–Trinajstić information content (AvgIpc) is 2.18. The Bertz CT molecular complexity index is 317. The minimum absolute atomic E-state index is 0.0567. The van der Waals surface area contributed by atoms with Gasteiger partial charge in [-0.3, -0.25) is 9.78 Å². The Morgan fingerprint density at radius 2 is 2.43 bits per heavy atom. The number of carbonyl (C=O) groups excluding carboxylic acids is 1. The zero-order valence-corrected chi connectivity index (χ0v) is 9.47. The second-order valence-corrected chi connectivity index (χ2v) is 3.54. The van der Waals surface area contributed by atoms with Crippen LogP contribution in [0.1, 0.15) is 6.92 Å². The molecule has 0 unspecified atom stereocenters. The first-order chi connectivity index (χ1) is 6.74. The molecule has 0 aliphatic rings. The van der Waals surface area contributed by atoms with Gasteiger partial charge in [-0.2, -0.15) is 0 Å². The predicted octanol–water partition coefficient (Wildman–Crippen LogP) is 1.39. The maximum absolute atomic E-state index is 11.3. The smallest absolute Gasteiger partial charge is 0.238 e. The highest BCUT2D eigenvalue weighted by molar-refractivity contribution is 9.10. The largest absolute Gasteiger partial charge is 0.324 e. The van der Waals surface area contributed by atoms with Gasteiger partial charge in [0, 0.05) is 12.4 Å². The van der Waals surface area contributed by atoms with Gasteiger partial charge in [0.15, 0.2) is 0 Å². The van der Waals surface area contributed by atoms with Crippen LogP contribution in [-0.2, 0) is 4.79 Å². The third kappa shape index (κ3) is 3.43. The molecule has 0 aromatic carbocycles. The van der Waals surface area contributed by atoms with Crippen LogP contribution < -0.4 is 10.6 Å². The lowest BCUT2D eigenvalue weighted by Crippen LogP contribution is -2.27. The molecular formula is C9H12BrN3O. The van der Waals surface area contributed by atoms with Crippen LogP contribution in [0.3, 0.4) is 0 Å². The molecule has 1 rings (SSSR count). The van der Waals surface area contributed by atoms with Crippen molar-refractivity contribution in [3.63, 3.8) is 0 Å². The molecule has 1 heterocycles. The first-order valence-corrected chi connectivity index (χ1v) is 5.13. The zero-order chi connectivity index (χ0) is 10.4. The zero-order valence-electron chi connectivity index (χ0n) is 7.88. The topological polar surface area (TPSA) is 54.0 Å². The molecule has 0 atom stereocenters.